The van der Waals surface area contributed by atoms with Crippen molar-refractivity contribution >= 4 is 29.1 Å². The molecule has 2 amide bonds. The Morgan fingerprint density at radius 2 is 1.72 bits per heavy atom. The van der Waals surface area contributed by atoms with Crippen molar-refractivity contribution < 1.29 is 9.59 Å². The molecular formula is C25H21ClN4O2. The van der Waals surface area contributed by atoms with Crippen LogP contribution in [0.4, 0.5) is 5.69 Å². The fourth-order valence-corrected chi connectivity index (χ4v) is 3.62. The van der Waals surface area contributed by atoms with Gasteiger partial charge in [0, 0.05) is 30.7 Å². The molecule has 0 saturated heterocycles. The van der Waals surface area contributed by atoms with Gasteiger partial charge < -0.3 is 10.6 Å². The molecule has 0 aliphatic rings. The minimum Gasteiger partial charge on any atom is -0.355 e. The van der Waals surface area contributed by atoms with Crippen LogP contribution in [0.5, 0.6) is 0 Å². The lowest BCUT2D eigenvalue weighted by atomic mass is 9.98. The van der Waals surface area contributed by atoms with E-state index in [1.54, 1.807) is 30.5 Å². The third kappa shape index (κ3) is 4.71. The largest absolute Gasteiger partial charge is 0.355 e. The summed E-state index contributed by atoms with van der Waals surface area (Å²) in [6, 6.07) is 22.2. The smallest absolute Gasteiger partial charge is 0.256 e. The zero-order valence-corrected chi connectivity index (χ0v) is 18.1. The quantitative estimate of drug-likeness (QED) is 0.445. The predicted octanol–water partition coefficient (Wildman–Crippen LogP) is 4.86. The summed E-state index contributed by atoms with van der Waals surface area (Å²) in [6.07, 6.45) is 3.67. The highest BCUT2D eigenvalue weighted by atomic mass is 35.5. The number of carbonyl (C=O) groups excluding carboxylic acids is 2. The Labute approximate surface area is 190 Å². The highest BCUT2D eigenvalue weighted by Crippen LogP contribution is 2.26. The molecule has 32 heavy (non-hydrogen) atoms. The molecule has 0 aliphatic heterocycles. The highest BCUT2D eigenvalue weighted by molar-refractivity contribution is 6.34. The Kier molecular flexibility index (Phi) is 6.33. The van der Waals surface area contributed by atoms with Crippen LogP contribution in [0.15, 0.2) is 85.2 Å². The molecule has 160 valence electrons. The van der Waals surface area contributed by atoms with E-state index >= 15 is 0 Å². The Balaban J connectivity index is 1.57. The number of rotatable bonds is 6. The van der Waals surface area contributed by atoms with Crippen molar-refractivity contribution in [3.05, 3.63) is 107 Å². The van der Waals surface area contributed by atoms with Crippen molar-refractivity contribution in [1.29, 1.82) is 0 Å². The average molecular weight is 445 g/mol. The van der Waals surface area contributed by atoms with Gasteiger partial charge in [-0.1, -0.05) is 54.1 Å². The summed E-state index contributed by atoms with van der Waals surface area (Å²) >= 11 is 6.11. The summed E-state index contributed by atoms with van der Waals surface area (Å²) in [6.45, 7) is 0.680. The molecule has 1 heterocycles. The van der Waals surface area contributed by atoms with Crippen molar-refractivity contribution in [2.45, 2.75) is 6.54 Å². The molecule has 4 aromatic rings. The second-order valence-corrected chi connectivity index (χ2v) is 7.58. The Hall–Kier alpha value is -3.90. The van der Waals surface area contributed by atoms with E-state index in [-0.39, 0.29) is 11.8 Å². The number of halogens is 1. The van der Waals surface area contributed by atoms with Gasteiger partial charge in [-0.05, 0) is 47.0 Å². The molecule has 3 aromatic carbocycles. The van der Waals surface area contributed by atoms with E-state index < -0.39 is 0 Å². The van der Waals surface area contributed by atoms with E-state index in [4.69, 9.17) is 11.6 Å². The molecule has 7 heteroatoms. The lowest BCUT2D eigenvalue weighted by Gasteiger charge is -2.12. The topological polar surface area (TPSA) is 76.0 Å². The molecule has 0 spiro atoms. The summed E-state index contributed by atoms with van der Waals surface area (Å²) in [7, 11) is 1.53. The summed E-state index contributed by atoms with van der Waals surface area (Å²) in [5, 5.41) is 9.95. The lowest BCUT2D eigenvalue weighted by molar-refractivity contribution is 0.0961. The van der Waals surface area contributed by atoms with Crippen LogP contribution >= 0.6 is 11.6 Å². The molecule has 6 nitrogen and oxygen atoms in total. The third-order valence-electron chi connectivity index (χ3n) is 5.04. The van der Waals surface area contributed by atoms with Gasteiger partial charge in [-0.15, -0.1) is 0 Å². The normalized spacial score (nSPS) is 10.6. The van der Waals surface area contributed by atoms with E-state index in [0.717, 1.165) is 16.7 Å². The number of aromatic nitrogens is 2. The Morgan fingerprint density at radius 3 is 2.44 bits per heavy atom. The predicted molar refractivity (Wildman–Crippen MR) is 126 cm³/mol. The molecule has 0 bridgehead atoms. The van der Waals surface area contributed by atoms with Crippen LogP contribution in [0, 0.1) is 0 Å². The summed E-state index contributed by atoms with van der Waals surface area (Å²) in [4.78, 5) is 25.1. The Morgan fingerprint density at radius 1 is 0.938 bits per heavy atom. The number of nitrogens with zero attached hydrogens (tertiary/aromatic N) is 2. The molecule has 0 radical (unpaired) electrons. The van der Waals surface area contributed by atoms with Crippen LogP contribution in [0.25, 0.3) is 11.1 Å². The molecule has 0 saturated carbocycles. The highest BCUT2D eigenvalue weighted by Gasteiger charge is 2.15. The monoisotopic (exact) mass is 444 g/mol. The first-order chi connectivity index (χ1) is 15.5. The summed E-state index contributed by atoms with van der Waals surface area (Å²) < 4.78 is 1.86. The maximum absolute atomic E-state index is 13.1. The van der Waals surface area contributed by atoms with E-state index in [1.807, 2.05) is 59.4 Å². The molecule has 1 aromatic heterocycles. The number of anilines is 1. The van der Waals surface area contributed by atoms with Gasteiger partial charge in [0.1, 0.15) is 0 Å². The van der Waals surface area contributed by atoms with Crippen LogP contribution in [0.1, 0.15) is 26.3 Å². The van der Waals surface area contributed by atoms with Crippen molar-refractivity contribution in [2.24, 2.45) is 0 Å². The first kappa shape index (κ1) is 21.3. The maximum atomic E-state index is 13.1. The van der Waals surface area contributed by atoms with Gasteiger partial charge in [-0.3, -0.25) is 14.3 Å². The Bertz CT molecular complexity index is 1250. The van der Waals surface area contributed by atoms with Crippen LogP contribution < -0.4 is 10.6 Å². The van der Waals surface area contributed by atoms with Crippen LogP contribution in [-0.2, 0) is 6.54 Å². The molecule has 0 unspecified atom stereocenters. The molecule has 0 aliphatic carbocycles. The second-order valence-electron chi connectivity index (χ2n) is 7.17. The summed E-state index contributed by atoms with van der Waals surface area (Å²) in [5.74, 6) is -0.590. The third-order valence-corrected chi connectivity index (χ3v) is 5.37. The number of carbonyl (C=O) groups is 2. The second kappa shape index (κ2) is 9.49. The van der Waals surface area contributed by atoms with Gasteiger partial charge in [-0.25, -0.2) is 0 Å². The van der Waals surface area contributed by atoms with Gasteiger partial charge in [-0.2, -0.15) is 5.10 Å². The number of nitrogens with one attached hydrogen (secondary N) is 2. The van der Waals surface area contributed by atoms with Crippen LogP contribution in [-0.4, -0.2) is 28.6 Å². The van der Waals surface area contributed by atoms with Crippen molar-refractivity contribution in [3.63, 3.8) is 0 Å². The zero-order chi connectivity index (χ0) is 22.5. The van der Waals surface area contributed by atoms with E-state index in [2.05, 4.69) is 15.7 Å². The van der Waals surface area contributed by atoms with E-state index in [0.29, 0.717) is 28.4 Å². The van der Waals surface area contributed by atoms with Crippen molar-refractivity contribution in [2.75, 3.05) is 12.4 Å². The van der Waals surface area contributed by atoms with Gasteiger partial charge in [0.05, 0.1) is 17.1 Å². The number of benzene rings is 3. The number of hydrogen-bond donors (Lipinski definition) is 2. The minimum absolute atomic E-state index is 0.272. The first-order valence-electron chi connectivity index (χ1n) is 10.0. The average Bonchev–Trinajstić information content (AvgIpc) is 3.33. The number of amides is 2. The van der Waals surface area contributed by atoms with Gasteiger partial charge in [0.25, 0.3) is 11.8 Å². The van der Waals surface area contributed by atoms with E-state index in [9.17, 15) is 9.59 Å². The molecule has 0 atom stereocenters. The molecule has 4 rings (SSSR count). The van der Waals surface area contributed by atoms with E-state index in [1.165, 1.54) is 7.05 Å². The van der Waals surface area contributed by atoms with Crippen LogP contribution in [0.3, 0.4) is 0 Å². The molecule has 0 fully saturated rings. The SMILES string of the molecule is CNC(=O)c1cc(NC(=O)c2ccccc2-c2ccc(Cn3cccn3)cc2)ccc1Cl. The van der Waals surface area contributed by atoms with Crippen LogP contribution in [0.2, 0.25) is 5.02 Å². The number of hydrogen-bond acceptors (Lipinski definition) is 3. The fraction of sp³-hybridized carbons (Fsp3) is 0.0800. The van der Waals surface area contributed by atoms with Gasteiger partial charge in [0.15, 0.2) is 0 Å². The van der Waals surface area contributed by atoms with Crippen molar-refractivity contribution in [3.8, 4) is 11.1 Å². The molecular weight excluding hydrogens is 424 g/mol. The maximum Gasteiger partial charge on any atom is 0.256 e. The van der Waals surface area contributed by atoms with Gasteiger partial charge in [0.2, 0.25) is 0 Å². The first-order valence-corrected chi connectivity index (χ1v) is 10.4. The lowest BCUT2D eigenvalue weighted by Crippen LogP contribution is -2.19. The fourth-order valence-electron chi connectivity index (χ4n) is 3.41. The summed E-state index contributed by atoms with van der Waals surface area (Å²) in [5.41, 5.74) is 4.18. The van der Waals surface area contributed by atoms with Gasteiger partial charge >= 0.3 is 0 Å². The van der Waals surface area contributed by atoms with Crippen molar-refractivity contribution in [1.82, 2.24) is 15.1 Å². The molecule has 2 N–H and O–H groups in total. The standard InChI is InChI=1S/C25H21ClN4O2/c1-27-24(31)22-15-19(11-12-23(22)26)29-25(32)21-6-3-2-5-20(21)18-9-7-17(8-10-18)16-30-14-4-13-28-30/h2-15H,16H2,1H3,(H,27,31)(H,29,32). The zero-order valence-electron chi connectivity index (χ0n) is 17.4. The minimum atomic E-state index is -0.318.